The molecule has 1 saturated heterocycles. The highest BCUT2D eigenvalue weighted by Crippen LogP contribution is 2.21. The van der Waals surface area contributed by atoms with E-state index in [0.29, 0.717) is 0 Å². The molecule has 1 aliphatic rings. The van der Waals surface area contributed by atoms with Crippen molar-refractivity contribution < 1.29 is 9.59 Å². The monoisotopic (exact) mass is 276 g/mol. The third kappa shape index (κ3) is 2.75. The fourth-order valence-corrected chi connectivity index (χ4v) is 2.21. The topological polar surface area (TPSA) is 55.9 Å². The SMILES string of the molecule is CN(C)c1ccc(NC2CC(=O)N(N(C)C)C2=O)cc1. The molecular weight excluding hydrogens is 256 g/mol. The first-order valence-electron chi connectivity index (χ1n) is 6.48. The number of hydrogen-bond acceptors (Lipinski definition) is 5. The maximum Gasteiger partial charge on any atom is 0.266 e. The molecule has 1 aromatic rings. The van der Waals surface area contributed by atoms with E-state index in [4.69, 9.17) is 0 Å². The van der Waals surface area contributed by atoms with Gasteiger partial charge in [-0.25, -0.2) is 10.0 Å². The smallest absolute Gasteiger partial charge is 0.266 e. The van der Waals surface area contributed by atoms with Crippen LogP contribution in [0.3, 0.4) is 0 Å². The maximum absolute atomic E-state index is 12.1. The Morgan fingerprint density at radius 3 is 2.15 bits per heavy atom. The Balaban J connectivity index is 2.07. The van der Waals surface area contributed by atoms with Crippen LogP contribution in [0.25, 0.3) is 0 Å². The van der Waals surface area contributed by atoms with E-state index in [0.717, 1.165) is 11.4 Å². The lowest BCUT2D eigenvalue weighted by Crippen LogP contribution is -2.43. The van der Waals surface area contributed by atoms with E-state index in [-0.39, 0.29) is 18.2 Å². The van der Waals surface area contributed by atoms with Gasteiger partial charge in [0.2, 0.25) is 5.91 Å². The fraction of sp³-hybridized carbons (Fsp3) is 0.429. The van der Waals surface area contributed by atoms with E-state index >= 15 is 0 Å². The van der Waals surface area contributed by atoms with Gasteiger partial charge in [0.25, 0.3) is 5.91 Å². The highest BCUT2D eigenvalue weighted by molar-refractivity contribution is 6.06. The van der Waals surface area contributed by atoms with E-state index < -0.39 is 6.04 Å². The summed E-state index contributed by atoms with van der Waals surface area (Å²) in [4.78, 5) is 25.9. The van der Waals surface area contributed by atoms with Crippen molar-refractivity contribution in [1.82, 2.24) is 10.0 Å². The standard InChI is InChI=1S/C14H20N4O2/c1-16(2)11-7-5-10(6-8-11)15-12-9-13(19)18(14(12)20)17(3)4/h5-8,12,15H,9H2,1-4H3. The number of benzene rings is 1. The van der Waals surface area contributed by atoms with Crippen molar-refractivity contribution in [2.45, 2.75) is 12.5 Å². The number of hydrogen-bond donors (Lipinski definition) is 1. The van der Waals surface area contributed by atoms with E-state index in [2.05, 4.69) is 5.32 Å². The molecule has 0 aliphatic carbocycles. The quantitative estimate of drug-likeness (QED) is 0.823. The minimum absolute atomic E-state index is 0.178. The van der Waals surface area contributed by atoms with Crippen molar-refractivity contribution >= 4 is 23.2 Å². The van der Waals surface area contributed by atoms with Crippen molar-refractivity contribution in [2.24, 2.45) is 0 Å². The van der Waals surface area contributed by atoms with Crippen molar-refractivity contribution in [1.29, 1.82) is 0 Å². The van der Waals surface area contributed by atoms with Crippen LogP contribution in [0, 0.1) is 0 Å². The van der Waals surface area contributed by atoms with Gasteiger partial charge in [-0.2, -0.15) is 0 Å². The van der Waals surface area contributed by atoms with Crippen molar-refractivity contribution in [3.8, 4) is 0 Å². The summed E-state index contributed by atoms with van der Waals surface area (Å²) in [7, 11) is 7.31. The van der Waals surface area contributed by atoms with Crippen molar-refractivity contribution in [2.75, 3.05) is 38.4 Å². The molecular formula is C14H20N4O2. The molecule has 1 atom stereocenters. The lowest BCUT2D eigenvalue weighted by Gasteiger charge is -2.22. The third-order valence-corrected chi connectivity index (χ3v) is 3.25. The van der Waals surface area contributed by atoms with Crippen LogP contribution in [-0.2, 0) is 9.59 Å². The van der Waals surface area contributed by atoms with Gasteiger partial charge in [-0.15, -0.1) is 0 Å². The van der Waals surface area contributed by atoms with E-state index in [1.165, 1.54) is 10.0 Å². The van der Waals surface area contributed by atoms with Crippen LogP contribution in [0.15, 0.2) is 24.3 Å². The summed E-state index contributed by atoms with van der Waals surface area (Å²) in [6, 6.07) is 7.26. The maximum atomic E-state index is 12.1. The molecule has 6 nitrogen and oxygen atoms in total. The first-order valence-corrected chi connectivity index (χ1v) is 6.48. The first-order chi connectivity index (χ1) is 9.40. The summed E-state index contributed by atoms with van der Waals surface area (Å²) in [5.41, 5.74) is 1.92. The van der Waals surface area contributed by atoms with Gasteiger partial charge in [0.05, 0.1) is 6.42 Å². The summed E-state index contributed by atoms with van der Waals surface area (Å²) in [6.07, 6.45) is 0.187. The molecule has 1 aromatic carbocycles. The molecule has 108 valence electrons. The van der Waals surface area contributed by atoms with Crippen molar-refractivity contribution in [3.63, 3.8) is 0 Å². The predicted molar refractivity (Wildman–Crippen MR) is 78.3 cm³/mol. The average Bonchev–Trinajstić information content (AvgIpc) is 2.65. The zero-order valence-corrected chi connectivity index (χ0v) is 12.3. The second-order valence-corrected chi connectivity index (χ2v) is 5.23. The Bertz CT molecular complexity index is 510. The van der Waals surface area contributed by atoms with Crippen LogP contribution in [0.1, 0.15) is 6.42 Å². The van der Waals surface area contributed by atoms with E-state index in [9.17, 15) is 9.59 Å². The normalized spacial score (nSPS) is 18.9. The van der Waals surface area contributed by atoms with Crippen LogP contribution >= 0.6 is 0 Å². The highest BCUT2D eigenvalue weighted by Gasteiger charge is 2.39. The van der Waals surface area contributed by atoms with Crippen LogP contribution < -0.4 is 10.2 Å². The van der Waals surface area contributed by atoms with Gasteiger partial charge >= 0.3 is 0 Å². The van der Waals surface area contributed by atoms with Gasteiger partial charge in [-0.05, 0) is 24.3 Å². The molecule has 0 bridgehead atoms. The fourth-order valence-electron chi connectivity index (χ4n) is 2.21. The zero-order chi connectivity index (χ0) is 14.9. The number of amides is 2. The van der Waals surface area contributed by atoms with Gasteiger partial charge in [0.15, 0.2) is 0 Å². The minimum Gasteiger partial charge on any atom is -0.378 e. The number of carbonyl (C=O) groups excluding carboxylic acids is 2. The van der Waals surface area contributed by atoms with Crippen LogP contribution in [0.4, 0.5) is 11.4 Å². The van der Waals surface area contributed by atoms with Crippen molar-refractivity contribution in [3.05, 3.63) is 24.3 Å². The second kappa shape index (κ2) is 5.50. The molecule has 1 aliphatic heterocycles. The highest BCUT2D eigenvalue weighted by atomic mass is 16.2. The summed E-state index contributed by atoms with van der Waals surface area (Å²) in [5, 5.41) is 5.80. The summed E-state index contributed by atoms with van der Waals surface area (Å²) in [5.74, 6) is -0.390. The third-order valence-electron chi connectivity index (χ3n) is 3.25. The molecule has 1 heterocycles. The number of carbonyl (C=O) groups is 2. The second-order valence-electron chi connectivity index (χ2n) is 5.23. The molecule has 0 spiro atoms. The average molecular weight is 276 g/mol. The Labute approximate surface area is 118 Å². The number of hydrazine groups is 1. The summed E-state index contributed by atoms with van der Waals surface area (Å²) >= 11 is 0. The van der Waals surface area contributed by atoms with Crippen LogP contribution in [-0.4, -0.2) is 56.1 Å². The molecule has 1 fully saturated rings. The predicted octanol–water partition coefficient (Wildman–Crippen LogP) is 0.769. The van der Waals surface area contributed by atoms with E-state index in [1.54, 1.807) is 14.1 Å². The Morgan fingerprint density at radius 1 is 1.10 bits per heavy atom. The molecule has 1 N–H and O–H groups in total. The number of imide groups is 1. The molecule has 2 rings (SSSR count). The van der Waals surface area contributed by atoms with Gasteiger partial charge in [-0.1, -0.05) is 0 Å². The Kier molecular flexibility index (Phi) is 3.94. The number of nitrogens with zero attached hydrogens (tertiary/aromatic N) is 3. The molecule has 1 unspecified atom stereocenters. The molecule has 20 heavy (non-hydrogen) atoms. The Morgan fingerprint density at radius 2 is 1.70 bits per heavy atom. The molecule has 6 heteroatoms. The van der Waals surface area contributed by atoms with Gasteiger partial charge < -0.3 is 10.2 Å². The lowest BCUT2D eigenvalue weighted by atomic mass is 10.2. The molecule has 0 aromatic heterocycles. The van der Waals surface area contributed by atoms with Crippen LogP contribution in [0.2, 0.25) is 0 Å². The number of nitrogens with one attached hydrogen (secondary N) is 1. The number of rotatable bonds is 4. The van der Waals surface area contributed by atoms with Crippen LogP contribution in [0.5, 0.6) is 0 Å². The van der Waals surface area contributed by atoms with E-state index in [1.807, 2.05) is 43.3 Å². The largest absolute Gasteiger partial charge is 0.378 e. The first kappa shape index (κ1) is 14.3. The molecule has 2 amide bonds. The Hall–Kier alpha value is -2.08. The number of anilines is 2. The minimum atomic E-state index is -0.491. The summed E-state index contributed by atoms with van der Waals surface area (Å²) in [6.45, 7) is 0. The lowest BCUT2D eigenvalue weighted by molar-refractivity contribution is -0.152. The van der Waals surface area contributed by atoms with Gasteiger partial charge in [0.1, 0.15) is 6.04 Å². The molecule has 0 saturated carbocycles. The van der Waals surface area contributed by atoms with Gasteiger partial charge in [0, 0.05) is 39.6 Å². The summed E-state index contributed by atoms with van der Waals surface area (Å²) < 4.78 is 0. The zero-order valence-electron chi connectivity index (χ0n) is 12.3. The molecule has 0 radical (unpaired) electrons. The van der Waals surface area contributed by atoms with Gasteiger partial charge in [-0.3, -0.25) is 9.59 Å².